The van der Waals surface area contributed by atoms with Crippen LogP contribution in [0.4, 0.5) is 4.70 Å². The van der Waals surface area contributed by atoms with Crippen LogP contribution in [-0.2, 0) is 0 Å². The average Bonchev–Trinajstić information content (AvgIpc) is 2.46. The quantitative estimate of drug-likeness (QED) is 0.735. The van der Waals surface area contributed by atoms with Crippen LogP contribution in [0.15, 0.2) is 36.4 Å². The Hall–Kier alpha value is -1.50. The van der Waals surface area contributed by atoms with Crippen LogP contribution in [0, 0.1) is 3.57 Å². The van der Waals surface area contributed by atoms with Gasteiger partial charge in [0.1, 0.15) is 5.75 Å². The van der Waals surface area contributed by atoms with Crippen molar-refractivity contribution in [3.63, 3.8) is 0 Å². The van der Waals surface area contributed by atoms with Gasteiger partial charge < -0.3 is 14.2 Å². The van der Waals surface area contributed by atoms with E-state index in [1.165, 1.54) is 0 Å². The zero-order valence-corrected chi connectivity index (χ0v) is 13.6. The third kappa shape index (κ3) is 3.15. The Morgan fingerprint density at radius 1 is 0.850 bits per heavy atom. The van der Waals surface area contributed by atoms with Crippen LogP contribution < -0.4 is 14.2 Å². The van der Waals surface area contributed by atoms with Gasteiger partial charge in [0.15, 0.2) is 11.5 Å². The lowest BCUT2D eigenvalue weighted by molar-refractivity contribution is 0.356. The molecule has 108 valence electrons. The first-order valence-electron chi connectivity index (χ1n) is 5.76. The van der Waals surface area contributed by atoms with E-state index in [0.29, 0.717) is 0 Å². The predicted octanol–water partition coefficient (Wildman–Crippen LogP) is 4.14. The van der Waals surface area contributed by atoms with Gasteiger partial charge in [0.2, 0.25) is 0 Å². The lowest BCUT2D eigenvalue weighted by Gasteiger charge is -2.14. The van der Waals surface area contributed by atoms with Gasteiger partial charge in [-0.25, -0.2) is 0 Å². The fourth-order valence-electron chi connectivity index (χ4n) is 1.94. The van der Waals surface area contributed by atoms with Gasteiger partial charge in [-0.05, 0) is 46.9 Å². The Bertz CT molecular complexity index is 587. The molecule has 0 spiro atoms. The van der Waals surface area contributed by atoms with Crippen LogP contribution in [0.3, 0.4) is 0 Å². The average molecular weight is 390 g/mol. The van der Waals surface area contributed by atoms with Crippen LogP contribution >= 0.6 is 22.6 Å². The molecule has 0 radical (unpaired) electrons. The number of methoxy groups -OCH3 is 3. The summed E-state index contributed by atoms with van der Waals surface area (Å²) >= 11 is 2.30. The van der Waals surface area contributed by atoms with Gasteiger partial charge >= 0.3 is 0 Å². The van der Waals surface area contributed by atoms with Crippen LogP contribution in [-0.4, -0.2) is 21.3 Å². The van der Waals surface area contributed by atoms with E-state index in [4.69, 9.17) is 14.2 Å². The Kier molecular flexibility index (Phi) is 6.06. The Balaban J connectivity index is 0.00000200. The minimum absolute atomic E-state index is 0. The molecule has 0 bridgehead atoms. The van der Waals surface area contributed by atoms with E-state index >= 15 is 0 Å². The summed E-state index contributed by atoms with van der Waals surface area (Å²) < 4.78 is 17.2. The van der Waals surface area contributed by atoms with Crippen LogP contribution in [0.5, 0.6) is 17.2 Å². The number of hydrogen-bond acceptors (Lipinski definition) is 3. The molecule has 0 aliphatic carbocycles. The third-order valence-electron chi connectivity index (χ3n) is 2.87. The minimum atomic E-state index is 0. The standard InChI is InChI=1S/C15H15IO3.FH/c1-17-10-7-8-13(16)12(9-10)11-5-4-6-14(18-2)15(11)19-3;/h4-9H,1-3H3;1H. The lowest BCUT2D eigenvalue weighted by Crippen LogP contribution is -1.94. The zero-order chi connectivity index (χ0) is 13.8. The van der Waals surface area contributed by atoms with Gasteiger partial charge in [-0.2, -0.15) is 0 Å². The number of benzene rings is 2. The summed E-state index contributed by atoms with van der Waals surface area (Å²) in [6.07, 6.45) is 0. The summed E-state index contributed by atoms with van der Waals surface area (Å²) in [6.45, 7) is 0. The van der Waals surface area contributed by atoms with Crippen molar-refractivity contribution in [2.75, 3.05) is 21.3 Å². The summed E-state index contributed by atoms with van der Waals surface area (Å²) in [5.41, 5.74) is 2.06. The Labute approximate surface area is 131 Å². The molecule has 3 nitrogen and oxygen atoms in total. The van der Waals surface area contributed by atoms with E-state index in [-0.39, 0.29) is 4.70 Å². The maximum Gasteiger partial charge on any atom is 0.168 e. The molecule has 0 atom stereocenters. The van der Waals surface area contributed by atoms with Crippen molar-refractivity contribution in [3.05, 3.63) is 40.0 Å². The van der Waals surface area contributed by atoms with Crippen molar-refractivity contribution >= 4 is 22.6 Å². The largest absolute Gasteiger partial charge is 0.497 e. The van der Waals surface area contributed by atoms with E-state index in [1.807, 2.05) is 36.4 Å². The fraction of sp³-hybridized carbons (Fsp3) is 0.200. The second kappa shape index (κ2) is 7.33. The molecule has 2 rings (SSSR count). The van der Waals surface area contributed by atoms with Gasteiger partial charge in [0, 0.05) is 14.7 Å². The van der Waals surface area contributed by atoms with Gasteiger partial charge in [-0.1, -0.05) is 12.1 Å². The molecule has 0 saturated heterocycles. The number of para-hydroxylation sites is 1. The topological polar surface area (TPSA) is 27.7 Å². The molecular weight excluding hydrogens is 374 g/mol. The minimum Gasteiger partial charge on any atom is -0.497 e. The summed E-state index contributed by atoms with van der Waals surface area (Å²) in [5, 5.41) is 0. The highest BCUT2D eigenvalue weighted by Crippen LogP contribution is 2.40. The van der Waals surface area contributed by atoms with Crippen LogP contribution in [0.2, 0.25) is 0 Å². The summed E-state index contributed by atoms with van der Waals surface area (Å²) in [4.78, 5) is 0. The molecule has 0 saturated carbocycles. The van der Waals surface area contributed by atoms with Crippen LogP contribution in [0.25, 0.3) is 11.1 Å². The maximum absolute atomic E-state index is 5.48. The van der Waals surface area contributed by atoms with Crippen LogP contribution in [0.1, 0.15) is 0 Å². The van der Waals surface area contributed by atoms with E-state index in [9.17, 15) is 0 Å². The number of halogens is 2. The molecular formula is C15H16FIO3. The zero-order valence-electron chi connectivity index (χ0n) is 11.5. The summed E-state index contributed by atoms with van der Waals surface area (Å²) in [6, 6.07) is 11.8. The first-order chi connectivity index (χ1) is 9.21. The molecule has 0 unspecified atom stereocenters. The first-order valence-corrected chi connectivity index (χ1v) is 6.84. The molecule has 0 N–H and O–H groups in total. The third-order valence-corrected chi connectivity index (χ3v) is 3.81. The number of ether oxygens (including phenoxy) is 3. The Morgan fingerprint density at radius 2 is 1.60 bits per heavy atom. The van der Waals surface area contributed by atoms with Crippen molar-refractivity contribution in [3.8, 4) is 28.4 Å². The van der Waals surface area contributed by atoms with Gasteiger partial charge in [-0.15, -0.1) is 0 Å². The van der Waals surface area contributed by atoms with Crippen molar-refractivity contribution in [2.45, 2.75) is 0 Å². The van der Waals surface area contributed by atoms with E-state index in [2.05, 4.69) is 22.6 Å². The number of hydrogen-bond donors (Lipinski definition) is 0. The molecule has 5 heteroatoms. The van der Waals surface area contributed by atoms with Crippen molar-refractivity contribution in [1.29, 1.82) is 0 Å². The molecule has 2 aromatic carbocycles. The van der Waals surface area contributed by atoms with Gasteiger partial charge in [-0.3, -0.25) is 4.70 Å². The molecule has 0 aliphatic heterocycles. The molecule has 2 aromatic rings. The first kappa shape index (κ1) is 16.6. The highest BCUT2D eigenvalue weighted by molar-refractivity contribution is 14.1. The molecule has 0 aliphatic rings. The monoisotopic (exact) mass is 390 g/mol. The summed E-state index contributed by atoms with van der Waals surface area (Å²) in [7, 11) is 4.95. The van der Waals surface area contributed by atoms with E-state index < -0.39 is 0 Å². The van der Waals surface area contributed by atoms with E-state index in [0.717, 1.165) is 31.9 Å². The number of rotatable bonds is 4. The predicted molar refractivity (Wildman–Crippen MR) is 86.8 cm³/mol. The van der Waals surface area contributed by atoms with Crippen molar-refractivity contribution in [1.82, 2.24) is 0 Å². The smallest absolute Gasteiger partial charge is 0.168 e. The molecule has 0 heterocycles. The molecule has 0 fully saturated rings. The Morgan fingerprint density at radius 3 is 2.20 bits per heavy atom. The summed E-state index contributed by atoms with van der Waals surface area (Å²) in [5.74, 6) is 2.27. The lowest BCUT2D eigenvalue weighted by atomic mass is 10.0. The maximum atomic E-state index is 5.48. The van der Waals surface area contributed by atoms with Crippen molar-refractivity contribution in [2.24, 2.45) is 0 Å². The molecule has 0 aromatic heterocycles. The molecule has 20 heavy (non-hydrogen) atoms. The normalized spacial score (nSPS) is 9.60. The highest BCUT2D eigenvalue weighted by Gasteiger charge is 2.14. The van der Waals surface area contributed by atoms with Gasteiger partial charge in [0.05, 0.1) is 21.3 Å². The fourth-order valence-corrected chi connectivity index (χ4v) is 2.56. The molecule has 0 amide bonds. The SMILES string of the molecule is COc1ccc(I)c(-c2cccc(OC)c2OC)c1.F. The van der Waals surface area contributed by atoms with Crippen molar-refractivity contribution < 1.29 is 18.9 Å². The second-order valence-electron chi connectivity index (χ2n) is 3.89. The van der Waals surface area contributed by atoms with Gasteiger partial charge in [0.25, 0.3) is 0 Å². The second-order valence-corrected chi connectivity index (χ2v) is 5.05. The van der Waals surface area contributed by atoms with E-state index in [1.54, 1.807) is 21.3 Å². The highest BCUT2D eigenvalue weighted by atomic mass is 127.